The molecule has 2 nitrogen and oxygen atoms in total. The number of aryl methyl sites for hydroxylation is 1. The molecule has 0 heterocycles. The van der Waals surface area contributed by atoms with Crippen LogP contribution in [0.15, 0.2) is 24.3 Å². The SMILES string of the molecule is S=C(NC1CCCCC1)N[C@@H]1CCCc2ccccc21. The highest BCUT2D eigenvalue weighted by molar-refractivity contribution is 7.80. The highest BCUT2D eigenvalue weighted by Gasteiger charge is 2.21. The Morgan fingerprint density at radius 3 is 2.60 bits per heavy atom. The van der Waals surface area contributed by atoms with Gasteiger partial charge < -0.3 is 10.6 Å². The maximum Gasteiger partial charge on any atom is 0.166 e. The van der Waals surface area contributed by atoms with E-state index >= 15 is 0 Å². The molecular formula is C17H24N2S. The molecule has 0 amide bonds. The molecular weight excluding hydrogens is 264 g/mol. The van der Waals surface area contributed by atoms with Crippen molar-refractivity contribution in [1.29, 1.82) is 0 Å². The Morgan fingerprint density at radius 1 is 0.950 bits per heavy atom. The standard InChI is InChI=1S/C17H24N2S/c20-17(18-14-9-2-1-3-10-14)19-16-12-6-8-13-7-4-5-11-15(13)16/h4-5,7,11,14,16H,1-3,6,8-10,12H2,(H2,18,19,20)/t16-/m1/s1. The molecule has 2 aliphatic carbocycles. The lowest BCUT2D eigenvalue weighted by Gasteiger charge is -2.30. The van der Waals surface area contributed by atoms with E-state index in [1.165, 1.54) is 62.5 Å². The van der Waals surface area contributed by atoms with Gasteiger partial charge in [-0.1, -0.05) is 43.5 Å². The van der Waals surface area contributed by atoms with E-state index in [2.05, 4.69) is 34.9 Å². The predicted molar refractivity (Wildman–Crippen MR) is 87.9 cm³/mol. The van der Waals surface area contributed by atoms with Crippen molar-refractivity contribution in [3.05, 3.63) is 35.4 Å². The molecule has 0 unspecified atom stereocenters. The normalized spacial score (nSPS) is 22.9. The van der Waals surface area contributed by atoms with Crippen LogP contribution in [0, 0.1) is 0 Å². The molecule has 20 heavy (non-hydrogen) atoms. The molecule has 0 radical (unpaired) electrons. The first-order valence-corrected chi connectivity index (χ1v) is 8.38. The molecule has 2 N–H and O–H groups in total. The topological polar surface area (TPSA) is 24.1 Å². The molecule has 1 saturated carbocycles. The lowest BCUT2D eigenvalue weighted by atomic mass is 9.88. The van der Waals surface area contributed by atoms with Crippen LogP contribution in [0.4, 0.5) is 0 Å². The first-order valence-electron chi connectivity index (χ1n) is 7.98. The van der Waals surface area contributed by atoms with Crippen LogP contribution in [0.5, 0.6) is 0 Å². The van der Waals surface area contributed by atoms with Crippen LogP contribution in [0.2, 0.25) is 0 Å². The Hall–Kier alpha value is -1.09. The molecule has 0 aromatic heterocycles. The molecule has 108 valence electrons. The van der Waals surface area contributed by atoms with Crippen LogP contribution >= 0.6 is 12.2 Å². The van der Waals surface area contributed by atoms with Crippen molar-refractivity contribution in [2.75, 3.05) is 0 Å². The van der Waals surface area contributed by atoms with E-state index in [-0.39, 0.29) is 0 Å². The molecule has 0 aliphatic heterocycles. The molecule has 0 saturated heterocycles. The van der Waals surface area contributed by atoms with Gasteiger partial charge in [-0.05, 0) is 55.4 Å². The van der Waals surface area contributed by atoms with Gasteiger partial charge in [-0.15, -0.1) is 0 Å². The van der Waals surface area contributed by atoms with Crippen molar-refractivity contribution in [3.63, 3.8) is 0 Å². The summed E-state index contributed by atoms with van der Waals surface area (Å²) in [4.78, 5) is 0. The van der Waals surface area contributed by atoms with Crippen molar-refractivity contribution in [2.24, 2.45) is 0 Å². The average molecular weight is 288 g/mol. The Morgan fingerprint density at radius 2 is 1.75 bits per heavy atom. The molecule has 1 fully saturated rings. The Labute approximate surface area is 127 Å². The number of benzene rings is 1. The third-order valence-electron chi connectivity index (χ3n) is 4.62. The fourth-order valence-corrected chi connectivity index (χ4v) is 3.85. The molecule has 1 aromatic rings. The minimum absolute atomic E-state index is 0.392. The number of hydrogen-bond acceptors (Lipinski definition) is 1. The van der Waals surface area contributed by atoms with Crippen LogP contribution in [0.3, 0.4) is 0 Å². The third-order valence-corrected chi connectivity index (χ3v) is 4.85. The van der Waals surface area contributed by atoms with Crippen LogP contribution in [-0.2, 0) is 6.42 Å². The van der Waals surface area contributed by atoms with Gasteiger partial charge >= 0.3 is 0 Å². The largest absolute Gasteiger partial charge is 0.360 e. The summed E-state index contributed by atoms with van der Waals surface area (Å²) in [6.07, 6.45) is 10.2. The zero-order valence-corrected chi connectivity index (χ0v) is 12.8. The summed E-state index contributed by atoms with van der Waals surface area (Å²) in [5.41, 5.74) is 2.92. The van der Waals surface area contributed by atoms with Gasteiger partial charge in [-0.2, -0.15) is 0 Å². The van der Waals surface area contributed by atoms with Crippen molar-refractivity contribution >= 4 is 17.3 Å². The van der Waals surface area contributed by atoms with E-state index in [1.807, 2.05) is 0 Å². The number of nitrogens with one attached hydrogen (secondary N) is 2. The van der Waals surface area contributed by atoms with Gasteiger partial charge in [-0.3, -0.25) is 0 Å². The first-order chi connectivity index (χ1) is 9.83. The summed E-state index contributed by atoms with van der Waals surface area (Å²) in [5.74, 6) is 0. The Kier molecular flexibility index (Phi) is 4.56. The van der Waals surface area contributed by atoms with Gasteiger partial charge in [0.1, 0.15) is 0 Å². The fourth-order valence-electron chi connectivity index (χ4n) is 3.54. The Bertz CT molecular complexity index is 466. The second-order valence-corrected chi connectivity index (χ2v) is 6.50. The minimum Gasteiger partial charge on any atom is -0.360 e. The molecule has 1 aromatic carbocycles. The van der Waals surface area contributed by atoms with Crippen molar-refractivity contribution in [2.45, 2.75) is 63.5 Å². The van der Waals surface area contributed by atoms with E-state index in [1.54, 1.807) is 0 Å². The van der Waals surface area contributed by atoms with Crippen molar-refractivity contribution in [1.82, 2.24) is 10.6 Å². The first kappa shape index (κ1) is 13.9. The molecule has 3 rings (SSSR count). The maximum atomic E-state index is 5.52. The molecule has 0 spiro atoms. The van der Waals surface area contributed by atoms with Gasteiger partial charge in [0.25, 0.3) is 0 Å². The summed E-state index contributed by atoms with van der Waals surface area (Å²) < 4.78 is 0. The third kappa shape index (κ3) is 3.32. The number of rotatable bonds is 2. The van der Waals surface area contributed by atoms with Crippen molar-refractivity contribution < 1.29 is 0 Å². The van der Waals surface area contributed by atoms with Crippen LogP contribution in [0.1, 0.15) is 62.1 Å². The zero-order valence-electron chi connectivity index (χ0n) is 12.0. The summed E-state index contributed by atoms with van der Waals surface area (Å²) in [6, 6.07) is 9.75. The predicted octanol–water partition coefficient (Wildman–Crippen LogP) is 3.86. The molecule has 2 aliphatic rings. The van der Waals surface area contributed by atoms with E-state index in [4.69, 9.17) is 12.2 Å². The maximum absolute atomic E-state index is 5.52. The summed E-state index contributed by atoms with van der Waals surface area (Å²) in [7, 11) is 0. The highest BCUT2D eigenvalue weighted by Crippen LogP contribution is 2.29. The van der Waals surface area contributed by atoms with Crippen molar-refractivity contribution in [3.8, 4) is 0 Å². The summed E-state index contributed by atoms with van der Waals surface area (Å²) in [5, 5.41) is 7.91. The lowest BCUT2D eigenvalue weighted by molar-refractivity contribution is 0.408. The molecule has 3 heteroatoms. The number of thiocarbonyl (C=S) groups is 1. The monoisotopic (exact) mass is 288 g/mol. The van der Waals surface area contributed by atoms with Gasteiger partial charge in [0.05, 0.1) is 6.04 Å². The van der Waals surface area contributed by atoms with Crippen LogP contribution in [-0.4, -0.2) is 11.2 Å². The van der Waals surface area contributed by atoms with Crippen LogP contribution in [0.25, 0.3) is 0 Å². The summed E-state index contributed by atoms with van der Waals surface area (Å²) >= 11 is 5.52. The molecule has 1 atom stereocenters. The number of fused-ring (bicyclic) bond motifs is 1. The smallest absolute Gasteiger partial charge is 0.166 e. The van der Waals surface area contributed by atoms with Gasteiger partial charge in [-0.25, -0.2) is 0 Å². The van der Waals surface area contributed by atoms with E-state index < -0.39 is 0 Å². The van der Waals surface area contributed by atoms with E-state index in [9.17, 15) is 0 Å². The second kappa shape index (κ2) is 6.57. The lowest BCUT2D eigenvalue weighted by Crippen LogP contribution is -2.44. The molecule has 0 bridgehead atoms. The Balaban J connectivity index is 1.59. The van der Waals surface area contributed by atoms with Gasteiger partial charge in [0.2, 0.25) is 0 Å². The quantitative estimate of drug-likeness (QED) is 0.808. The second-order valence-electron chi connectivity index (χ2n) is 6.10. The average Bonchev–Trinajstić information content (AvgIpc) is 2.48. The zero-order chi connectivity index (χ0) is 13.8. The van der Waals surface area contributed by atoms with E-state index in [0.717, 1.165) is 5.11 Å². The van der Waals surface area contributed by atoms with Crippen LogP contribution < -0.4 is 10.6 Å². The minimum atomic E-state index is 0.392. The fraction of sp³-hybridized carbons (Fsp3) is 0.588. The van der Waals surface area contributed by atoms with E-state index in [0.29, 0.717) is 12.1 Å². The highest BCUT2D eigenvalue weighted by atomic mass is 32.1. The van der Waals surface area contributed by atoms with Gasteiger partial charge in [0, 0.05) is 6.04 Å². The van der Waals surface area contributed by atoms with Gasteiger partial charge in [0.15, 0.2) is 5.11 Å². The summed E-state index contributed by atoms with van der Waals surface area (Å²) in [6.45, 7) is 0. The number of hydrogen-bond donors (Lipinski definition) is 2.